The van der Waals surface area contributed by atoms with Crippen molar-refractivity contribution in [1.82, 2.24) is 10.2 Å². The minimum Gasteiger partial charge on any atom is -0.495 e. The van der Waals surface area contributed by atoms with Crippen LogP contribution in [0.1, 0.15) is 5.56 Å². The van der Waals surface area contributed by atoms with Crippen molar-refractivity contribution in [1.29, 1.82) is 0 Å². The van der Waals surface area contributed by atoms with E-state index in [0.29, 0.717) is 22.3 Å². The van der Waals surface area contributed by atoms with E-state index in [1.165, 1.54) is 0 Å². The minimum absolute atomic E-state index is 0.218. The molecule has 1 fully saturated rings. The average Bonchev–Trinajstić information content (AvgIpc) is 2.89. The molecule has 104 valence electrons. The molecule has 2 heterocycles. The lowest BCUT2D eigenvalue weighted by atomic mass is 10.1. The average molecular weight is 285 g/mol. The van der Waals surface area contributed by atoms with Crippen LogP contribution >= 0.6 is 11.6 Å². The van der Waals surface area contributed by atoms with E-state index in [1.807, 2.05) is 6.07 Å². The number of nitrogens with one attached hydrogen (secondary N) is 1. The van der Waals surface area contributed by atoms with Gasteiger partial charge in [-0.15, -0.1) is 0 Å². The maximum absolute atomic E-state index is 6.32. The first-order valence-corrected chi connectivity index (χ1v) is 6.75. The SMILES string of the molecule is COc1c(CN2CCNCC2)cc2c(c1Cl)OCO2. The van der Waals surface area contributed by atoms with Crippen molar-refractivity contribution < 1.29 is 14.2 Å². The van der Waals surface area contributed by atoms with Crippen LogP contribution in [-0.2, 0) is 6.54 Å². The molecule has 0 unspecified atom stereocenters. The monoisotopic (exact) mass is 284 g/mol. The van der Waals surface area contributed by atoms with Crippen LogP contribution in [0.25, 0.3) is 0 Å². The molecule has 6 heteroatoms. The summed E-state index contributed by atoms with van der Waals surface area (Å²) in [5, 5.41) is 3.84. The van der Waals surface area contributed by atoms with Gasteiger partial charge < -0.3 is 19.5 Å². The number of benzene rings is 1. The van der Waals surface area contributed by atoms with E-state index in [0.717, 1.165) is 38.3 Å². The number of ether oxygens (including phenoxy) is 3. The largest absolute Gasteiger partial charge is 0.495 e. The molecule has 5 nitrogen and oxygen atoms in total. The van der Waals surface area contributed by atoms with Gasteiger partial charge in [-0.25, -0.2) is 0 Å². The summed E-state index contributed by atoms with van der Waals surface area (Å²) in [6.07, 6.45) is 0. The Kier molecular flexibility index (Phi) is 3.68. The number of nitrogens with zero attached hydrogens (tertiary/aromatic N) is 1. The van der Waals surface area contributed by atoms with Crippen molar-refractivity contribution in [3.63, 3.8) is 0 Å². The Bertz CT molecular complexity index is 475. The quantitative estimate of drug-likeness (QED) is 0.911. The highest BCUT2D eigenvalue weighted by Gasteiger charge is 2.25. The fourth-order valence-corrected chi connectivity index (χ4v) is 2.83. The molecule has 2 aliphatic rings. The van der Waals surface area contributed by atoms with Crippen molar-refractivity contribution >= 4 is 11.6 Å². The second-order valence-electron chi connectivity index (χ2n) is 4.64. The smallest absolute Gasteiger partial charge is 0.231 e. The molecular weight excluding hydrogens is 268 g/mol. The number of fused-ring (bicyclic) bond motifs is 1. The predicted octanol–water partition coefficient (Wildman–Crippen LogP) is 1.48. The second kappa shape index (κ2) is 5.45. The number of hydrogen-bond donors (Lipinski definition) is 1. The Labute approximate surface area is 117 Å². The first-order chi connectivity index (χ1) is 9.29. The summed E-state index contributed by atoms with van der Waals surface area (Å²) in [4.78, 5) is 2.37. The van der Waals surface area contributed by atoms with Gasteiger partial charge in [0.1, 0.15) is 10.8 Å². The molecule has 19 heavy (non-hydrogen) atoms. The maximum atomic E-state index is 6.32. The molecule has 1 saturated heterocycles. The topological polar surface area (TPSA) is 43.0 Å². The molecule has 1 aromatic rings. The third kappa shape index (κ3) is 2.45. The molecular formula is C13H17ClN2O3. The number of piperazine rings is 1. The first kappa shape index (κ1) is 12.8. The van der Waals surface area contributed by atoms with E-state index in [4.69, 9.17) is 25.8 Å². The minimum atomic E-state index is 0.218. The molecule has 1 N–H and O–H groups in total. The van der Waals surface area contributed by atoms with Crippen LogP contribution in [-0.4, -0.2) is 45.0 Å². The van der Waals surface area contributed by atoms with Gasteiger partial charge in [0.05, 0.1) is 7.11 Å². The zero-order valence-corrected chi connectivity index (χ0v) is 11.6. The third-order valence-electron chi connectivity index (χ3n) is 3.44. The summed E-state index contributed by atoms with van der Waals surface area (Å²) in [5.41, 5.74) is 1.04. The Morgan fingerprint density at radius 2 is 2.16 bits per heavy atom. The van der Waals surface area contributed by atoms with Crippen LogP contribution < -0.4 is 19.5 Å². The van der Waals surface area contributed by atoms with Crippen molar-refractivity contribution in [3.05, 3.63) is 16.7 Å². The molecule has 3 rings (SSSR count). The molecule has 1 aromatic carbocycles. The van der Waals surface area contributed by atoms with E-state index in [1.54, 1.807) is 7.11 Å². The molecule has 0 aromatic heterocycles. The summed E-state index contributed by atoms with van der Waals surface area (Å²) < 4.78 is 16.2. The fourth-order valence-electron chi connectivity index (χ4n) is 2.48. The molecule has 0 radical (unpaired) electrons. The lowest BCUT2D eigenvalue weighted by Crippen LogP contribution is -2.42. The Morgan fingerprint density at radius 1 is 1.37 bits per heavy atom. The molecule has 0 amide bonds. The number of hydrogen-bond acceptors (Lipinski definition) is 5. The van der Waals surface area contributed by atoms with Crippen molar-refractivity contribution in [2.24, 2.45) is 0 Å². The van der Waals surface area contributed by atoms with Crippen LogP contribution in [0.15, 0.2) is 6.07 Å². The van der Waals surface area contributed by atoms with Gasteiger partial charge in [0.25, 0.3) is 0 Å². The number of halogens is 1. The molecule has 0 saturated carbocycles. The van der Waals surface area contributed by atoms with Crippen LogP contribution in [0, 0.1) is 0 Å². The van der Waals surface area contributed by atoms with Gasteiger partial charge in [-0.2, -0.15) is 0 Å². The van der Waals surface area contributed by atoms with Crippen LogP contribution in [0.3, 0.4) is 0 Å². The highest BCUT2D eigenvalue weighted by molar-refractivity contribution is 6.34. The molecule has 2 aliphatic heterocycles. The molecule has 0 aliphatic carbocycles. The number of methoxy groups -OCH3 is 1. The normalized spacial score (nSPS) is 18.6. The highest BCUT2D eigenvalue weighted by atomic mass is 35.5. The van der Waals surface area contributed by atoms with Gasteiger partial charge >= 0.3 is 0 Å². The maximum Gasteiger partial charge on any atom is 0.231 e. The summed E-state index contributed by atoms with van der Waals surface area (Å²) in [6, 6.07) is 1.97. The van der Waals surface area contributed by atoms with Crippen molar-refractivity contribution in [3.8, 4) is 17.2 Å². The first-order valence-electron chi connectivity index (χ1n) is 6.37. The van der Waals surface area contributed by atoms with Gasteiger partial charge in [-0.1, -0.05) is 11.6 Å². The zero-order valence-electron chi connectivity index (χ0n) is 10.9. The lowest BCUT2D eigenvalue weighted by molar-refractivity contribution is 0.174. The second-order valence-corrected chi connectivity index (χ2v) is 5.02. The molecule has 0 atom stereocenters. The Morgan fingerprint density at radius 3 is 2.89 bits per heavy atom. The van der Waals surface area contributed by atoms with Crippen LogP contribution in [0.4, 0.5) is 0 Å². The lowest BCUT2D eigenvalue weighted by Gasteiger charge is -2.28. The van der Waals surface area contributed by atoms with E-state index < -0.39 is 0 Å². The van der Waals surface area contributed by atoms with Crippen LogP contribution in [0.5, 0.6) is 17.2 Å². The molecule has 0 bridgehead atoms. The Hall–Kier alpha value is -1.17. The van der Waals surface area contributed by atoms with Gasteiger partial charge in [0.2, 0.25) is 6.79 Å². The summed E-state index contributed by atoms with van der Waals surface area (Å²) in [7, 11) is 1.63. The summed E-state index contributed by atoms with van der Waals surface area (Å²) in [6.45, 7) is 5.10. The van der Waals surface area contributed by atoms with Gasteiger partial charge in [0, 0.05) is 38.3 Å². The van der Waals surface area contributed by atoms with Gasteiger partial charge in [-0.05, 0) is 6.07 Å². The van der Waals surface area contributed by atoms with Gasteiger partial charge in [-0.3, -0.25) is 4.90 Å². The van der Waals surface area contributed by atoms with Crippen molar-refractivity contribution in [2.75, 3.05) is 40.1 Å². The van der Waals surface area contributed by atoms with E-state index in [-0.39, 0.29) is 6.79 Å². The number of rotatable bonds is 3. The van der Waals surface area contributed by atoms with Gasteiger partial charge in [0.15, 0.2) is 11.5 Å². The zero-order chi connectivity index (χ0) is 13.2. The Balaban J connectivity index is 1.89. The summed E-state index contributed by atoms with van der Waals surface area (Å²) in [5.74, 6) is 1.97. The highest BCUT2D eigenvalue weighted by Crippen LogP contribution is 2.46. The third-order valence-corrected chi connectivity index (χ3v) is 3.79. The molecule has 0 spiro atoms. The van der Waals surface area contributed by atoms with E-state index in [2.05, 4.69) is 10.2 Å². The predicted molar refractivity (Wildman–Crippen MR) is 72.3 cm³/mol. The standard InChI is InChI=1S/C13H17ClN2O3/c1-17-12-9(7-16-4-2-15-3-5-16)6-10-13(11(12)14)19-8-18-10/h6,15H,2-5,7-8H2,1H3. The van der Waals surface area contributed by atoms with E-state index >= 15 is 0 Å². The van der Waals surface area contributed by atoms with Crippen LogP contribution in [0.2, 0.25) is 5.02 Å². The fraction of sp³-hybridized carbons (Fsp3) is 0.538. The summed E-state index contributed by atoms with van der Waals surface area (Å²) >= 11 is 6.32. The van der Waals surface area contributed by atoms with Crippen molar-refractivity contribution in [2.45, 2.75) is 6.54 Å². The van der Waals surface area contributed by atoms with E-state index in [9.17, 15) is 0 Å².